The highest BCUT2D eigenvalue weighted by atomic mass is 32.1. The average molecular weight is 339 g/mol. The molecule has 3 N–H and O–H groups in total. The number of carbonyl (C=O) groups excluding carboxylic acids is 1. The van der Waals surface area contributed by atoms with E-state index in [1.165, 1.54) is 5.56 Å². The second-order valence-electron chi connectivity index (χ2n) is 5.75. The minimum Gasteiger partial charge on any atom is -0.368 e. The van der Waals surface area contributed by atoms with Crippen LogP contribution in [0.4, 0.5) is 5.82 Å². The molecule has 1 saturated heterocycles. The predicted molar refractivity (Wildman–Crippen MR) is 96.0 cm³/mol. The molecule has 122 valence electrons. The number of fused-ring (bicyclic) bond motifs is 1. The van der Waals surface area contributed by atoms with Crippen molar-refractivity contribution in [3.05, 3.63) is 42.7 Å². The van der Waals surface area contributed by atoms with Crippen LogP contribution in [-0.4, -0.2) is 41.6 Å². The number of aromatic nitrogens is 2. The fourth-order valence-electron chi connectivity index (χ4n) is 2.97. The van der Waals surface area contributed by atoms with Gasteiger partial charge in [0.05, 0.1) is 5.39 Å². The molecule has 1 atom stereocenters. The number of primary amides is 1. The normalized spacial score (nSPS) is 18.0. The number of nitrogens with two attached hydrogens (primary N) is 1. The summed E-state index contributed by atoms with van der Waals surface area (Å²) in [6.07, 6.45) is 1.59. The maximum absolute atomic E-state index is 11.5. The lowest BCUT2D eigenvalue weighted by Crippen LogP contribution is -2.56. The highest BCUT2D eigenvalue weighted by Crippen LogP contribution is 2.36. The van der Waals surface area contributed by atoms with Crippen LogP contribution in [0.1, 0.15) is 0 Å². The Morgan fingerprint density at radius 1 is 1.29 bits per heavy atom. The Hall–Kier alpha value is -2.51. The molecule has 4 rings (SSSR count). The third-order valence-corrected chi connectivity index (χ3v) is 5.28. The largest absolute Gasteiger partial charge is 0.368 e. The summed E-state index contributed by atoms with van der Waals surface area (Å²) in [5, 5.41) is 4.16. The Morgan fingerprint density at radius 2 is 2.12 bits per heavy atom. The molecule has 0 bridgehead atoms. The first-order valence-electron chi connectivity index (χ1n) is 7.80. The van der Waals surface area contributed by atoms with E-state index in [9.17, 15) is 4.79 Å². The van der Waals surface area contributed by atoms with Gasteiger partial charge in [0.1, 0.15) is 23.0 Å². The number of thiophene rings is 1. The molecule has 1 aliphatic rings. The standard InChI is InChI=1S/C17H17N5OS/c18-15(23)13-9-22(7-6-19-13)16-12-8-14(11-4-2-1-3-5-11)24-17(12)21-10-20-16/h1-5,8,10,13,19H,6-7,9H2,(H2,18,23)/t13-/m0/s1. The number of amides is 1. The molecule has 1 aliphatic heterocycles. The molecule has 0 unspecified atom stereocenters. The monoisotopic (exact) mass is 339 g/mol. The molecule has 0 radical (unpaired) electrons. The first-order valence-corrected chi connectivity index (χ1v) is 8.61. The van der Waals surface area contributed by atoms with Crippen LogP contribution in [0.3, 0.4) is 0 Å². The Labute approximate surface area is 143 Å². The van der Waals surface area contributed by atoms with Crippen molar-refractivity contribution >= 4 is 33.3 Å². The fraction of sp³-hybridized carbons (Fsp3) is 0.235. The van der Waals surface area contributed by atoms with Crippen molar-refractivity contribution < 1.29 is 4.79 Å². The first kappa shape index (κ1) is 15.0. The van der Waals surface area contributed by atoms with Gasteiger partial charge in [-0.1, -0.05) is 30.3 Å². The molecule has 24 heavy (non-hydrogen) atoms. The molecule has 0 saturated carbocycles. The number of piperazine rings is 1. The van der Waals surface area contributed by atoms with E-state index >= 15 is 0 Å². The summed E-state index contributed by atoms with van der Waals surface area (Å²) in [4.78, 5) is 24.6. The highest BCUT2D eigenvalue weighted by molar-refractivity contribution is 7.21. The van der Waals surface area contributed by atoms with Gasteiger partial charge in [0.25, 0.3) is 0 Å². The van der Waals surface area contributed by atoms with Gasteiger partial charge < -0.3 is 16.0 Å². The summed E-state index contributed by atoms with van der Waals surface area (Å²) in [6.45, 7) is 2.01. The molecule has 1 amide bonds. The minimum absolute atomic E-state index is 0.333. The van der Waals surface area contributed by atoms with Gasteiger partial charge in [-0.15, -0.1) is 11.3 Å². The SMILES string of the molecule is NC(=O)[C@@H]1CN(c2ncnc3sc(-c4ccccc4)cc23)CCN1. The van der Waals surface area contributed by atoms with E-state index < -0.39 is 0 Å². The highest BCUT2D eigenvalue weighted by Gasteiger charge is 2.25. The van der Waals surface area contributed by atoms with Crippen LogP contribution < -0.4 is 16.0 Å². The zero-order valence-corrected chi connectivity index (χ0v) is 13.8. The Kier molecular flexibility index (Phi) is 3.87. The molecule has 2 aromatic heterocycles. The van der Waals surface area contributed by atoms with Crippen LogP contribution in [0.2, 0.25) is 0 Å². The molecular weight excluding hydrogens is 322 g/mol. The number of hydrogen-bond acceptors (Lipinski definition) is 6. The molecule has 3 heterocycles. The van der Waals surface area contributed by atoms with E-state index in [0.29, 0.717) is 13.1 Å². The van der Waals surface area contributed by atoms with Crippen LogP contribution in [0.5, 0.6) is 0 Å². The van der Waals surface area contributed by atoms with Crippen molar-refractivity contribution in [3.63, 3.8) is 0 Å². The summed E-state index contributed by atoms with van der Waals surface area (Å²) in [7, 11) is 0. The molecular formula is C17H17N5OS. The van der Waals surface area contributed by atoms with Crippen LogP contribution in [0.15, 0.2) is 42.7 Å². The summed E-state index contributed by atoms with van der Waals surface area (Å²) < 4.78 is 0. The maximum Gasteiger partial charge on any atom is 0.236 e. The summed E-state index contributed by atoms with van der Waals surface area (Å²) in [5.41, 5.74) is 6.61. The second kappa shape index (κ2) is 6.18. The van der Waals surface area contributed by atoms with E-state index in [2.05, 4.69) is 38.4 Å². The molecule has 3 aromatic rings. The Bertz CT molecular complexity index is 879. The molecule has 1 fully saturated rings. The predicted octanol–water partition coefficient (Wildman–Crippen LogP) is 1.62. The lowest BCUT2D eigenvalue weighted by Gasteiger charge is -2.33. The van der Waals surface area contributed by atoms with Gasteiger partial charge >= 0.3 is 0 Å². The minimum atomic E-state index is -0.351. The van der Waals surface area contributed by atoms with Crippen molar-refractivity contribution in [2.24, 2.45) is 5.73 Å². The number of nitrogens with zero attached hydrogens (tertiary/aromatic N) is 3. The van der Waals surface area contributed by atoms with E-state index in [4.69, 9.17) is 5.73 Å². The summed E-state index contributed by atoms with van der Waals surface area (Å²) >= 11 is 1.65. The zero-order chi connectivity index (χ0) is 16.5. The van der Waals surface area contributed by atoms with E-state index in [0.717, 1.165) is 27.5 Å². The van der Waals surface area contributed by atoms with Gasteiger partial charge in [-0.3, -0.25) is 4.79 Å². The molecule has 6 nitrogen and oxygen atoms in total. The van der Waals surface area contributed by atoms with Gasteiger partial charge in [-0.2, -0.15) is 0 Å². The van der Waals surface area contributed by atoms with Gasteiger partial charge in [-0.25, -0.2) is 9.97 Å². The van der Waals surface area contributed by atoms with Crippen molar-refractivity contribution in [2.45, 2.75) is 6.04 Å². The molecule has 1 aromatic carbocycles. The third kappa shape index (κ3) is 2.72. The van der Waals surface area contributed by atoms with Gasteiger partial charge in [0.2, 0.25) is 5.91 Å². The number of nitrogens with one attached hydrogen (secondary N) is 1. The maximum atomic E-state index is 11.5. The zero-order valence-electron chi connectivity index (χ0n) is 13.0. The average Bonchev–Trinajstić information content (AvgIpc) is 3.07. The number of hydrogen-bond donors (Lipinski definition) is 2. The quantitative estimate of drug-likeness (QED) is 0.757. The number of anilines is 1. The van der Waals surface area contributed by atoms with Gasteiger partial charge in [-0.05, 0) is 11.6 Å². The molecule has 0 spiro atoms. The smallest absolute Gasteiger partial charge is 0.236 e. The van der Waals surface area contributed by atoms with Crippen LogP contribution in [0.25, 0.3) is 20.7 Å². The van der Waals surface area contributed by atoms with Crippen molar-refractivity contribution in [2.75, 3.05) is 24.5 Å². The molecule has 7 heteroatoms. The lowest BCUT2D eigenvalue weighted by atomic mass is 10.1. The van der Waals surface area contributed by atoms with E-state index in [-0.39, 0.29) is 11.9 Å². The van der Waals surface area contributed by atoms with Crippen molar-refractivity contribution in [1.29, 1.82) is 0 Å². The van der Waals surface area contributed by atoms with E-state index in [1.807, 2.05) is 18.2 Å². The van der Waals surface area contributed by atoms with Crippen LogP contribution >= 0.6 is 11.3 Å². The Balaban J connectivity index is 1.74. The second-order valence-corrected chi connectivity index (χ2v) is 6.78. The first-order chi connectivity index (χ1) is 11.7. The van der Waals surface area contributed by atoms with Crippen molar-refractivity contribution in [1.82, 2.24) is 15.3 Å². The number of carbonyl (C=O) groups is 1. The fourth-order valence-corrected chi connectivity index (χ4v) is 3.97. The van der Waals surface area contributed by atoms with Crippen LogP contribution in [0, 0.1) is 0 Å². The van der Waals surface area contributed by atoms with E-state index in [1.54, 1.807) is 17.7 Å². The lowest BCUT2D eigenvalue weighted by molar-refractivity contribution is -0.120. The van der Waals surface area contributed by atoms with Gasteiger partial charge in [0.15, 0.2) is 0 Å². The third-order valence-electron chi connectivity index (χ3n) is 4.19. The van der Waals surface area contributed by atoms with Gasteiger partial charge in [0, 0.05) is 24.5 Å². The summed E-state index contributed by atoms with van der Waals surface area (Å²) in [5.74, 6) is 0.534. The van der Waals surface area contributed by atoms with Crippen LogP contribution in [-0.2, 0) is 4.79 Å². The van der Waals surface area contributed by atoms with Crippen molar-refractivity contribution in [3.8, 4) is 10.4 Å². The molecule has 0 aliphatic carbocycles. The Morgan fingerprint density at radius 3 is 2.92 bits per heavy atom. The topological polar surface area (TPSA) is 84.1 Å². The summed E-state index contributed by atoms with van der Waals surface area (Å²) in [6, 6.07) is 12.0. The number of rotatable bonds is 3. The number of benzene rings is 1.